The van der Waals surface area contributed by atoms with E-state index in [-0.39, 0.29) is 5.92 Å². The van der Waals surface area contributed by atoms with Crippen LogP contribution in [0.4, 0.5) is 0 Å². The van der Waals surface area contributed by atoms with E-state index in [1.54, 1.807) is 0 Å². The van der Waals surface area contributed by atoms with Crippen molar-refractivity contribution in [2.45, 2.75) is 45.1 Å². The monoisotopic (exact) mass is 223 g/mol. The number of aliphatic hydroxyl groups is 1. The first-order chi connectivity index (χ1) is 7.68. The van der Waals surface area contributed by atoms with Crippen molar-refractivity contribution < 1.29 is 9.84 Å². The van der Waals surface area contributed by atoms with Gasteiger partial charge in [0.1, 0.15) is 0 Å². The van der Waals surface area contributed by atoms with Crippen LogP contribution in [-0.2, 0) is 4.74 Å². The molecule has 0 aromatic heterocycles. The van der Waals surface area contributed by atoms with Gasteiger partial charge in [0, 0.05) is 12.5 Å². The number of hydrogen-bond acceptors (Lipinski definition) is 3. The molecule has 1 heterocycles. The molecule has 3 nitrogen and oxygen atoms in total. The standard InChI is InChI=1S/C13H21NO2/c1-10-3-2-5-13(7-10,9-14)12(15)11-4-6-16-8-11/h10-12,15H,2-8H2,1H3. The van der Waals surface area contributed by atoms with E-state index in [1.165, 1.54) is 6.42 Å². The minimum Gasteiger partial charge on any atom is -0.391 e. The van der Waals surface area contributed by atoms with Crippen molar-refractivity contribution >= 4 is 0 Å². The fourth-order valence-electron chi connectivity index (χ4n) is 3.28. The fourth-order valence-corrected chi connectivity index (χ4v) is 3.28. The van der Waals surface area contributed by atoms with Gasteiger partial charge >= 0.3 is 0 Å². The molecule has 1 aliphatic carbocycles. The molecule has 1 N–H and O–H groups in total. The predicted molar refractivity (Wildman–Crippen MR) is 60.6 cm³/mol. The van der Waals surface area contributed by atoms with Gasteiger partial charge in [-0.2, -0.15) is 5.26 Å². The maximum absolute atomic E-state index is 10.4. The van der Waals surface area contributed by atoms with E-state index >= 15 is 0 Å². The summed E-state index contributed by atoms with van der Waals surface area (Å²) in [6.45, 7) is 3.54. The van der Waals surface area contributed by atoms with E-state index in [4.69, 9.17) is 4.74 Å². The number of hydrogen-bond donors (Lipinski definition) is 1. The van der Waals surface area contributed by atoms with Gasteiger partial charge in [0.25, 0.3) is 0 Å². The van der Waals surface area contributed by atoms with Crippen LogP contribution in [-0.4, -0.2) is 24.4 Å². The third-order valence-electron chi connectivity index (χ3n) is 4.23. The second kappa shape index (κ2) is 4.73. The zero-order chi connectivity index (χ0) is 11.6. The Labute approximate surface area is 97.4 Å². The summed E-state index contributed by atoms with van der Waals surface area (Å²) < 4.78 is 5.32. The summed E-state index contributed by atoms with van der Waals surface area (Å²) in [6.07, 6.45) is 4.37. The van der Waals surface area contributed by atoms with Crippen molar-refractivity contribution in [3.63, 3.8) is 0 Å². The van der Waals surface area contributed by atoms with Gasteiger partial charge in [-0.3, -0.25) is 0 Å². The number of nitrogens with zero attached hydrogens (tertiary/aromatic N) is 1. The van der Waals surface area contributed by atoms with E-state index in [0.29, 0.717) is 12.5 Å². The van der Waals surface area contributed by atoms with Crippen molar-refractivity contribution in [1.29, 1.82) is 5.26 Å². The lowest BCUT2D eigenvalue weighted by Crippen LogP contribution is -2.42. The SMILES string of the molecule is CC1CCCC(C#N)(C(O)C2CCOC2)C1. The maximum Gasteiger partial charge on any atom is 0.0838 e. The molecular weight excluding hydrogens is 202 g/mol. The summed E-state index contributed by atoms with van der Waals surface area (Å²) in [6, 6.07) is 2.42. The van der Waals surface area contributed by atoms with Crippen molar-refractivity contribution in [1.82, 2.24) is 0 Å². The Hall–Kier alpha value is -0.590. The number of ether oxygens (including phenoxy) is 1. The van der Waals surface area contributed by atoms with Crippen LogP contribution >= 0.6 is 0 Å². The van der Waals surface area contributed by atoms with Gasteiger partial charge in [-0.1, -0.05) is 19.8 Å². The van der Waals surface area contributed by atoms with Crippen LogP contribution in [0, 0.1) is 28.6 Å². The highest BCUT2D eigenvalue weighted by atomic mass is 16.5. The van der Waals surface area contributed by atoms with Gasteiger partial charge < -0.3 is 9.84 Å². The van der Waals surface area contributed by atoms with Crippen LogP contribution in [0.3, 0.4) is 0 Å². The average Bonchev–Trinajstić information content (AvgIpc) is 2.81. The maximum atomic E-state index is 10.4. The highest BCUT2D eigenvalue weighted by Crippen LogP contribution is 2.44. The lowest BCUT2D eigenvalue weighted by Gasteiger charge is -2.40. The van der Waals surface area contributed by atoms with Crippen LogP contribution in [0.15, 0.2) is 0 Å². The Balaban J connectivity index is 2.10. The quantitative estimate of drug-likeness (QED) is 0.780. The molecule has 0 amide bonds. The summed E-state index contributed by atoms with van der Waals surface area (Å²) in [4.78, 5) is 0. The predicted octanol–water partition coefficient (Wildman–Crippen LogP) is 2.10. The minimum atomic E-state index is -0.504. The summed E-state index contributed by atoms with van der Waals surface area (Å²) in [5.41, 5.74) is -0.504. The second-order valence-corrected chi connectivity index (χ2v) is 5.54. The molecule has 4 unspecified atom stereocenters. The molecular formula is C13H21NO2. The molecule has 4 atom stereocenters. The third kappa shape index (κ3) is 2.09. The Kier molecular flexibility index (Phi) is 3.51. The molecule has 1 aliphatic heterocycles. The highest BCUT2D eigenvalue weighted by molar-refractivity contribution is 5.07. The summed E-state index contributed by atoms with van der Waals surface area (Å²) in [5.74, 6) is 0.732. The lowest BCUT2D eigenvalue weighted by atomic mass is 9.65. The average molecular weight is 223 g/mol. The van der Waals surface area contributed by atoms with Gasteiger partial charge in [0.2, 0.25) is 0 Å². The Bertz CT molecular complexity index is 280. The first kappa shape index (κ1) is 11.9. The zero-order valence-electron chi connectivity index (χ0n) is 9.98. The van der Waals surface area contributed by atoms with Crippen molar-refractivity contribution in [3.05, 3.63) is 0 Å². The normalized spacial score (nSPS) is 41.6. The molecule has 2 aliphatic rings. The Morgan fingerprint density at radius 3 is 2.88 bits per heavy atom. The topological polar surface area (TPSA) is 53.2 Å². The van der Waals surface area contributed by atoms with E-state index < -0.39 is 11.5 Å². The number of nitriles is 1. The van der Waals surface area contributed by atoms with Crippen molar-refractivity contribution in [2.24, 2.45) is 17.3 Å². The van der Waals surface area contributed by atoms with E-state index in [9.17, 15) is 10.4 Å². The first-order valence-corrected chi connectivity index (χ1v) is 6.35. The van der Waals surface area contributed by atoms with E-state index in [0.717, 1.165) is 32.3 Å². The van der Waals surface area contributed by atoms with E-state index in [2.05, 4.69) is 13.0 Å². The van der Waals surface area contributed by atoms with Gasteiger partial charge in [0.05, 0.1) is 24.2 Å². The fraction of sp³-hybridized carbons (Fsp3) is 0.923. The zero-order valence-corrected chi connectivity index (χ0v) is 9.98. The smallest absolute Gasteiger partial charge is 0.0838 e. The van der Waals surface area contributed by atoms with Crippen LogP contribution in [0.25, 0.3) is 0 Å². The van der Waals surface area contributed by atoms with Crippen LogP contribution in [0.2, 0.25) is 0 Å². The largest absolute Gasteiger partial charge is 0.391 e. The summed E-state index contributed by atoms with van der Waals surface area (Å²) in [5, 5.41) is 19.9. The lowest BCUT2D eigenvalue weighted by molar-refractivity contribution is -0.0200. The second-order valence-electron chi connectivity index (χ2n) is 5.54. The molecule has 1 saturated carbocycles. The molecule has 0 aromatic rings. The molecule has 2 fully saturated rings. The molecule has 3 heteroatoms. The third-order valence-corrected chi connectivity index (χ3v) is 4.23. The first-order valence-electron chi connectivity index (χ1n) is 6.35. The van der Waals surface area contributed by atoms with Crippen molar-refractivity contribution in [3.8, 4) is 6.07 Å². The van der Waals surface area contributed by atoms with Crippen molar-refractivity contribution in [2.75, 3.05) is 13.2 Å². The summed E-state index contributed by atoms with van der Waals surface area (Å²) in [7, 11) is 0. The summed E-state index contributed by atoms with van der Waals surface area (Å²) >= 11 is 0. The molecule has 90 valence electrons. The number of rotatable bonds is 2. The van der Waals surface area contributed by atoms with Gasteiger partial charge in [-0.15, -0.1) is 0 Å². The molecule has 0 aromatic carbocycles. The van der Waals surface area contributed by atoms with Crippen LogP contribution in [0.5, 0.6) is 0 Å². The molecule has 0 bridgehead atoms. The Morgan fingerprint density at radius 1 is 1.50 bits per heavy atom. The van der Waals surface area contributed by atoms with Gasteiger partial charge in [0.15, 0.2) is 0 Å². The minimum absolute atomic E-state index is 0.171. The Morgan fingerprint density at radius 2 is 2.31 bits per heavy atom. The van der Waals surface area contributed by atoms with Gasteiger partial charge in [-0.05, 0) is 25.2 Å². The molecule has 0 radical (unpaired) electrons. The molecule has 0 spiro atoms. The molecule has 16 heavy (non-hydrogen) atoms. The van der Waals surface area contributed by atoms with Gasteiger partial charge in [-0.25, -0.2) is 0 Å². The van der Waals surface area contributed by atoms with E-state index in [1.807, 2.05) is 0 Å². The van der Waals surface area contributed by atoms with Crippen LogP contribution < -0.4 is 0 Å². The highest BCUT2D eigenvalue weighted by Gasteiger charge is 2.45. The van der Waals surface area contributed by atoms with Crippen LogP contribution in [0.1, 0.15) is 39.0 Å². The molecule has 1 saturated heterocycles. The molecule has 2 rings (SSSR count). The number of aliphatic hydroxyl groups excluding tert-OH is 1.